The normalized spacial score (nSPS) is 13.6. The molecule has 1 unspecified atom stereocenters. The van der Waals surface area contributed by atoms with E-state index in [1.165, 1.54) is 35.1 Å². The molecule has 0 spiro atoms. The molecule has 0 aliphatic heterocycles. The van der Waals surface area contributed by atoms with Gasteiger partial charge in [0.1, 0.15) is 0 Å². The molecule has 1 rings (SSSR count). The summed E-state index contributed by atoms with van der Waals surface area (Å²) in [7, 11) is 0. The smallest absolute Gasteiger partial charge is 0.00470 e. The summed E-state index contributed by atoms with van der Waals surface area (Å²) in [6, 6.07) is 5.28. The van der Waals surface area contributed by atoms with Gasteiger partial charge in [-0.3, -0.25) is 0 Å². The lowest BCUT2D eigenvalue weighted by atomic mass is 9.76. The maximum absolute atomic E-state index is 3.60. The molecule has 0 fully saturated rings. The van der Waals surface area contributed by atoms with E-state index in [4.69, 9.17) is 0 Å². The maximum Gasteiger partial charge on any atom is 0.00470 e. The van der Waals surface area contributed by atoms with Crippen LogP contribution in [-0.4, -0.2) is 12.6 Å². The van der Waals surface area contributed by atoms with Crippen molar-refractivity contribution < 1.29 is 0 Å². The van der Waals surface area contributed by atoms with Crippen molar-refractivity contribution in [1.29, 1.82) is 0 Å². The molecule has 1 aromatic carbocycles. The molecule has 1 heteroatoms. The van der Waals surface area contributed by atoms with E-state index in [9.17, 15) is 0 Å². The van der Waals surface area contributed by atoms with Gasteiger partial charge in [0.2, 0.25) is 0 Å². The van der Waals surface area contributed by atoms with Gasteiger partial charge in [-0.2, -0.15) is 0 Å². The molecule has 0 bridgehead atoms. The van der Waals surface area contributed by atoms with Gasteiger partial charge in [-0.1, -0.05) is 32.9 Å². The molecule has 0 aliphatic carbocycles. The fourth-order valence-corrected chi connectivity index (χ4v) is 3.03. The van der Waals surface area contributed by atoms with Crippen LogP contribution in [0.25, 0.3) is 0 Å². The van der Waals surface area contributed by atoms with E-state index in [1.807, 2.05) is 0 Å². The van der Waals surface area contributed by atoms with Crippen LogP contribution in [0.1, 0.15) is 62.8 Å². The van der Waals surface area contributed by atoms with E-state index in [0.717, 1.165) is 6.54 Å². The van der Waals surface area contributed by atoms with Crippen LogP contribution < -0.4 is 5.32 Å². The second kappa shape index (κ2) is 6.56. The Balaban J connectivity index is 2.90. The summed E-state index contributed by atoms with van der Waals surface area (Å²) in [4.78, 5) is 0. The van der Waals surface area contributed by atoms with E-state index < -0.39 is 0 Å². The lowest BCUT2D eigenvalue weighted by Gasteiger charge is -2.31. The molecule has 1 aromatic rings. The first-order valence-electron chi connectivity index (χ1n) is 7.59. The highest BCUT2D eigenvalue weighted by Crippen LogP contribution is 2.32. The summed E-state index contributed by atoms with van der Waals surface area (Å²) in [6.07, 6.45) is 2.38. The minimum atomic E-state index is 0.225. The maximum atomic E-state index is 3.60. The Labute approximate surface area is 119 Å². The summed E-state index contributed by atoms with van der Waals surface area (Å²) in [5.41, 5.74) is 5.96. The molecular formula is C18H31N. The van der Waals surface area contributed by atoms with E-state index in [2.05, 4.69) is 65.9 Å². The van der Waals surface area contributed by atoms with Gasteiger partial charge in [0.15, 0.2) is 0 Å². The Morgan fingerprint density at radius 3 is 2.21 bits per heavy atom. The molecule has 0 radical (unpaired) electrons. The number of hydrogen-bond donors (Lipinski definition) is 1. The third-order valence-corrected chi connectivity index (χ3v) is 4.13. The van der Waals surface area contributed by atoms with Crippen molar-refractivity contribution in [2.45, 2.75) is 72.8 Å². The van der Waals surface area contributed by atoms with Crippen molar-refractivity contribution in [2.75, 3.05) is 6.54 Å². The summed E-state index contributed by atoms with van der Waals surface area (Å²) >= 11 is 0. The van der Waals surface area contributed by atoms with Gasteiger partial charge in [-0.15, -0.1) is 0 Å². The van der Waals surface area contributed by atoms with E-state index in [1.54, 1.807) is 0 Å². The van der Waals surface area contributed by atoms with E-state index >= 15 is 0 Å². The largest absolute Gasteiger partial charge is 0.314 e. The molecule has 0 amide bonds. The van der Waals surface area contributed by atoms with Crippen LogP contribution in [0.3, 0.4) is 0 Å². The summed E-state index contributed by atoms with van der Waals surface area (Å²) in [5.74, 6) is 0. The lowest BCUT2D eigenvalue weighted by Crippen LogP contribution is -2.34. The van der Waals surface area contributed by atoms with Crippen molar-refractivity contribution in [1.82, 2.24) is 5.32 Å². The zero-order valence-corrected chi connectivity index (χ0v) is 13.9. The van der Waals surface area contributed by atoms with Crippen molar-refractivity contribution >= 4 is 0 Å². The first-order valence-corrected chi connectivity index (χ1v) is 7.59. The summed E-state index contributed by atoms with van der Waals surface area (Å²) < 4.78 is 0. The first kappa shape index (κ1) is 16.2. The fourth-order valence-electron chi connectivity index (χ4n) is 3.03. The molecule has 19 heavy (non-hydrogen) atoms. The Bertz CT molecular complexity index is 418. The van der Waals surface area contributed by atoms with Crippen LogP contribution in [0.2, 0.25) is 0 Å². The lowest BCUT2D eigenvalue weighted by molar-refractivity contribution is 0.388. The van der Waals surface area contributed by atoms with Gasteiger partial charge in [-0.05, 0) is 74.8 Å². The van der Waals surface area contributed by atoms with Crippen LogP contribution in [0.15, 0.2) is 12.1 Å². The molecular weight excluding hydrogens is 230 g/mol. The Morgan fingerprint density at radius 1 is 1.05 bits per heavy atom. The molecule has 108 valence electrons. The van der Waals surface area contributed by atoms with Crippen molar-refractivity contribution in [3.05, 3.63) is 34.4 Å². The van der Waals surface area contributed by atoms with Gasteiger partial charge in [0.25, 0.3) is 0 Å². The van der Waals surface area contributed by atoms with E-state index in [-0.39, 0.29) is 5.41 Å². The van der Waals surface area contributed by atoms with Gasteiger partial charge in [-0.25, -0.2) is 0 Å². The number of rotatable bonds is 6. The minimum absolute atomic E-state index is 0.225. The molecule has 0 heterocycles. The SMILES string of the molecule is CCCNC(C)CC(C)(C)c1cc(C)c(C)cc1C. The fraction of sp³-hybridized carbons (Fsp3) is 0.667. The topological polar surface area (TPSA) is 12.0 Å². The molecule has 1 atom stereocenters. The van der Waals surface area contributed by atoms with Crippen molar-refractivity contribution in [2.24, 2.45) is 0 Å². The molecule has 1 nitrogen and oxygen atoms in total. The van der Waals surface area contributed by atoms with E-state index in [0.29, 0.717) is 6.04 Å². The average Bonchev–Trinajstić information content (AvgIpc) is 2.30. The Kier molecular flexibility index (Phi) is 5.61. The molecule has 0 saturated heterocycles. The van der Waals surface area contributed by atoms with Crippen LogP contribution in [0, 0.1) is 20.8 Å². The first-order chi connectivity index (χ1) is 8.77. The van der Waals surface area contributed by atoms with Crippen LogP contribution in [0.5, 0.6) is 0 Å². The Hall–Kier alpha value is -0.820. The zero-order valence-electron chi connectivity index (χ0n) is 13.9. The Morgan fingerprint density at radius 2 is 1.63 bits per heavy atom. The van der Waals surface area contributed by atoms with Crippen LogP contribution in [-0.2, 0) is 5.41 Å². The van der Waals surface area contributed by atoms with Gasteiger partial charge in [0, 0.05) is 6.04 Å². The standard InChI is InChI=1S/C18H31N/c1-8-9-19-16(5)12-18(6,7)17-11-14(3)13(2)10-15(17)4/h10-11,16,19H,8-9,12H2,1-7H3. The molecule has 0 saturated carbocycles. The highest BCUT2D eigenvalue weighted by molar-refractivity contribution is 5.40. The number of nitrogens with one attached hydrogen (secondary N) is 1. The van der Waals surface area contributed by atoms with Gasteiger partial charge >= 0.3 is 0 Å². The van der Waals surface area contributed by atoms with Crippen LogP contribution in [0.4, 0.5) is 0 Å². The predicted molar refractivity (Wildman–Crippen MR) is 86.1 cm³/mol. The highest BCUT2D eigenvalue weighted by Gasteiger charge is 2.25. The number of aryl methyl sites for hydroxylation is 3. The average molecular weight is 261 g/mol. The summed E-state index contributed by atoms with van der Waals surface area (Å²) in [6.45, 7) is 17.0. The van der Waals surface area contributed by atoms with Gasteiger partial charge in [0.05, 0.1) is 0 Å². The highest BCUT2D eigenvalue weighted by atomic mass is 14.9. The number of benzene rings is 1. The summed E-state index contributed by atoms with van der Waals surface area (Å²) in [5, 5.41) is 3.60. The predicted octanol–water partition coefficient (Wildman–Crippen LogP) is 4.67. The van der Waals surface area contributed by atoms with Gasteiger partial charge < -0.3 is 5.32 Å². The number of hydrogen-bond acceptors (Lipinski definition) is 1. The van der Waals surface area contributed by atoms with Crippen LogP contribution >= 0.6 is 0 Å². The third kappa shape index (κ3) is 4.35. The molecule has 0 aliphatic rings. The van der Waals surface area contributed by atoms with Crippen molar-refractivity contribution in [3.8, 4) is 0 Å². The third-order valence-electron chi connectivity index (χ3n) is 4.13. The second-order valence-corrected chi connectivity index (χ2v) is 6.69. The van der Waals surface area contributed by atoms with Crippen molar-refractivity contribution in [3.63, 3.8) is 0 Å². The molecule has 1 N–H and O–H groups in total. The quantitative estimate of drug-likeness (QED) is 0.785. The molecule has 0 aromatic heterocycles. The zero-order chi connectivity index (χ0) is 14.6. The minimum Gasteiger partial charge on any atom is -0.314 e. The monoisotopic (exact) mass is 261 g/mol. The second-order valence-electron chi connectivity index (χ2n) is 6.69.